The van der Waals surface area contributed by atoms with E-state index < -0.39 is 0 Å². The molecule has 1 aromatic heterocycles. The zero-order chi connectivity index (χ0) is 53.9. The van der Waals surface area contributed by atoms with Gasteiger partial charge < -0.3 is 19.1 Å². The van der Waals surface area contributed by atoms with Crippen molar-refractivity contribution in [2.75, 3.05) is 14.7 Å². The van der Waals surface area contributed by atoms with Crippen molar-refractivity contribution < 1.29 is 4.42 Å². The maximum Gasteiger partial charge on any atom is 0.252 e. The molecule has 388 valence electrons. The van der Waals surface area contributed by atoms with Crippen LogP contribution in [0, 0.1) is 0 Å². The monoisotopic (exact) mass is 1010 g/mol. The highest BCUT2D eigenvalue weighted by Gasteiger charge is 2.58. The summed E-state index contributed by atoms with van der Waals surface area (Å²) in [6, 6.07) is 61.3. The molecule has 0 spiro atoms. The van der Waals surface area contributed by atoms with Crippen molar-refractivity contribution >= 4 is 90.5 Å². The lowest BCUT2D eigenvalue weighted by Crippen LogP contribution is -2.62. The molecule has 0 bridgehead atoms. The van der Waals surface area contributed by atoms with Crippen LogP contribution in [0.3, 0.4) is 0 Å². The number of hydrogen-bond donors (Lipinski definition) is 0. The summed E-state index contributed by atoms with van der Waals surface area (Å²) in [5, 5.41) is 2.26. The van der Waals surface area contributed by atoms with Gasteiger partial charge in [0.15, 0.2) is 5.58 Å². The van der Waals surface area contributed by atoms with Crippen molar-refractivity contribution in [2.24, 2.45) is 0 Å². The van der Waals surface area contributed by atoms with Gasteiger partial charge in [-0.3, -0.25) is 0 Å². The summed E-state index contributed by atoms with van der Waals surface area (Å²) in [4.78, 5) is 8.09. The second-order valence-electron chi connectivity index (χ2n) is 27.8. The predicted molar refractivity (Wildman–Crippen MR) is 331 cm³/mol. The first kappa shape index (κ1) is 49.6. The first-order chi connectivity index (χ1) is 36.5. The number of rotatable bonds is 4. The molecular formula is C72H76BN3O. The summed E-state index contributed by atoms with van der Waals surface area (Å²) >= 11 is 0. The highest BCUT2D eigenvalue weighted by atomic mass is 16.3. The third-order valence-electron chi connectivity index (χ3n) is 18.8. The summed E-state index contributed by atoms with van der Waals surface area (Å²) in [6.07, 6.45) is 4.68. The number of benzene rings is 8. The van der Waals surface area contributed by atoms with Crippen LogP contribution in [0.15, 0.2) is 162 Å². The lowest BCUT2D eigenvalue weighted by Gasteiger charge is -2.51. The molecule has 0 radical (unpaired) electrons. The van der Waals surface area contributed by atoms with Crippen LogP contribution in [-0.2, 0) is 27.1 Å². The van der Waals surface area contributed by atoms with Crippen LogP contribution in [0.1, 0.15) is 150 Å². The Labute approximate surface area is 459 Å². The molecule has 13 rings (SSSR count). The van der Waals surface area contributed by atoms with Gasteiger partial charge in [0.05, 0.1) is 16.9 Å². The Morgan fingerprint density at radius 3 is 1.56 bits per heavy atom. The molecule has 4 heterocycles. The van der Waals surface area contributed by atoms with Crippen molar-refractivity contribution in [2.45, 2.75) is 155 Å². The van der Waals surface area contributed by atoms with E-state index in [2.05, 4.69) is 269 Å². The van der Waals surface area contributed by atoms with Crippen molar-refractivity contribution in [3.63, 3.8) is 0 Å². The van der Waals surface area contributed by atoms with Gasteiger partial charge in [-0.15, -0.1) is 0 Å². The van der Waals surface area contributed by atoms with Gasteiger partial charge in [-0.1, -0.05) is 206 Å². The Morgan fingerprint density at radius 1 is 0.442 bits per heavy atom. The molecule has 0 N–H and O–H groups in total. The average molecular weight is 1010 g/mol. The lowest BCUT2D eigenvalue weighted by molar-refractivity contribution is 0.195. The SMILES string of the molecule is CC(C)(C)c1ccc2c(c1)B1c3cc(C(C)(C)C)ccc3N(c3cccc4c3oc3ccccc34)c3cc(N4c5ccc(C(C)(C)C)cc5C5(C)CCCCC45C)cc(c31)N2c1ccc(C(C)(C)C)cc1-c1ccccc1. The molecule has 0 amide bonds. The van der Waals surface area contributed by atoms with Gasteiger partial charge in [0, 0.05) is 55.9 Å². The average Bonchev–Trinajstić information content (AvgIpc) is 3.96. The van der Waals surface area contributed by atoms with Gasteiger partial charge in [0.2, 0.25) is 0 Å². The van der Waals surface area contributed by atoms with E-state index >= 15 is 0 Å². The van der Waals surface area contributed by atoms with Crippen molar-refractivity contribution in [1.29, 1.82) is 0 Å². The van der Waals surface area contributed by atoms with Crippen LogP contribution in [0.25, 0.3) is 33.1 Å². The Morgan fingerprint density at radius 2 is 0.948 bits per heavy atom. The molecule has 2 atom stereocenters. The molecule has 4 nitrogen and oxygen atoms in total. The first-order valence-electron chi connectivity index (χ1n) is 28.6. The first-order valence-corrected chi connectivity index (χ1v) is 28.6. The van der Waals surface area contributed by atoms with Crippen LogP contribution in [0.2, 0.25) is 0 Å². The van der Waals surface area contributed by atoms with E-state index in [1.54, 1.807) is 0 Å². The van der Waals surface area contributed by atoms with Crippen molar-refractivity contribution in [3.05, 3.63) is 186 Å². The van der Waals surface area contributed by atoms with E-state index in [1.165, 1.54) is 108 Å². The maximum atomic E-state index is 7.10. The fraction of sp³-hybridized carbons (Fsp3) is 0.333. The number of hydrogen-bond acceptors (Lipinski definition) is 4. The van der Waals surface area contributed by atoms with E-state index in [0.29, 0.717) is 0 Å². The largest absolute Gasteiger partial charge is 0.454 e. The third-order valence-corrected chi connectivity index (χ3v) is 18.8. The summed E-state index contributed by atoms with van der Waals surface area (Å²) in [5.41, 5.74) is 24.2. The minimum Gasteiger partial charge on any atom is -0.454 e. The molecule has 5 heteroatoms. The number of anilines is 8. The quantitative estimate of drug-likeness (QED) is 0.164. The molecule has 3 aliphatic heterocycles. The van der Waals surface area contributed by atoms with Crippen LogP contribution >= 0.6 is 0 Å². The van der Waals surface area contributed by atoms with Crippen LogP contribution in [0.5, 0.6) is 0 Å². The van der Waals surface area contributed by atoms with Gasteiger partial charge in [-0.05, 0) is 146 Å². The lowest BCUT2D eigenvalue weighted by atomic mass is 9.33. The van der Waals surface area contributed by atoms with Gasteiger partial charge in [0.1, 0.15) is 5.58 Å². The minimum absolute atomic E-state index is 0.0209. The van der Waals surface area contributed by atoms with Crippen molar-refractivity contribution in [1.82, 2.24) is 0 Å². The molecule has 1 saturated carbocycles. The Bertz CT molecular complexity index is 3870. The Balaban J connectivity index is 1.20. The van der Waals surface area contributed by atoms with Gasteiger partial charge >= 0.3 is 0 Å². The molecule has 4 aliphatic rings. The zero-order valence-electron chi connectivity index (χ0n) is 48.2. The van der Waals surface area contributed by atoms with E-state index in [-0.39, 0.29) is 39.3 Å². The molecule has 77 heavy (non-hydrogen) atoms. The fourth-order valence-corrected chi connectivity index (χ4v) is 14.1. The summed E-state index contributed by atoms with van der Waals surface area (Å²) in [6.45, 7) is 33.4. The Kier molecular flexibility index (Phi) is 10.8. The molecule has 1 aliphatic carbocycles. The highest BCUT2D eigenvalue weighted by Crippen LogP contribution is 2.62. The number of para-hydroxylation sites is 2. The molecule has 8 aromatic carbocycles. The zero-order valence-corrected chi connectivity index (χ0v) is 48.2. The van der Waals surface area contributed by atoms with E-state index in [4.69, 9.17) is 4.42 Å². The van der Waals surface area contributed by atoms with E-state index in [1.807, 2.05) is 0 Å². The molecule has 2 unspecified atom stereocenters. The summed E-state index contributed by atoms with van der Waals surface area (Å²) in [7, 11) is 0. The second-order valence-corrected chi connectivity index (χ2v) is 27.8. The standard InChI is InChI=1S/C72H76BN3O/c1-67(2,3)46-29-33-57(53(39-46)45-23-16-15-17-24-45)74-59-35-31-48(69(7,8)9)41-55(59)73-56-42-49(70(10,11)12)32-36-60(56)75(61-27-22-26-52-51-25-18-19-28-64(51)77-66(52)61)63-44-50(43-62(74)65(63)73)76-58-34-30-47(68(4,5)6)40-54(58)71(13)37-20-21-38-72(71,76)14/h15-19,22-36,39-44H,20-21,37-38H2,1-14H3. The van der Waals surface area contributed by atoms with E-state index in [0.717, 1.165) is 40.5 Å². The molecular weight excluding hydrogens is 934 g/mol. The summed E-state index contributed by atoms with van der Waals surface area (Å²) in [5.74, 6) is 0. The molecule has 0 saturated heterocycles. The smallest absolute Gasteiger partial charge is 0.252 e. The van der Waals surface area contributed by atoms with Crippen LogP contribution < -0.4 is 31.1 Å². The third kappa shape index (κ3) is 7.45. The van der Waals surface area contributed by atoms with Gasteiger partial charge in [0.25, 0.3) is 6.71 Å². The van der Waals surface area contributed by atoms with Crippen LogP contribution in [-0.4, -0.2) is 12.3 Å². The summed E-state index contributed by atoms with van der Waals surface area (Å²) < 4.78 is 7.10. The number of fused-ring (bicyclic) bond motifs is 10. The fourth-order valence-electron chi connectivity index (χ4n) is 14.1. The van der Waals surface area contributed by atoms with E-state index in [9.17, 15) is 0 Å². The number of furan rings is 1. The normalized spacial score (nSPS) is 19.1. The predicted octanol–water partition coefficient (Wildman–Crippen LogP) is 18.3. The van der Waals surface area contributed by atoms with Gasteiger partial charge in [-0.2, -0.15) is 0 Å². The van der Waals surface area contributed by atoms with Crippen LogP contribution in [0.4, 0.5) is 45.5 Å². The second kappa shape index (κ2) is 16.8. The molecule has 9 aromatic rings. The highest BCUT2D eigenvalue weighted by molar-refractivity contribution is 7.00. The Hall–Kier alpha value is -6.98. The maximum absolute atomic E-state index is 7.10. The molecule has 1 fully saturated rings. The van der Waals surface area contributed by atoms with Gasteiger partial charge in [-0.25, -0.2) is 0 Å². The topological polar surface area (TPSA) is 22.9 Å². The number of nitrogens with zero attached hydrogens (tertiary/aromatic N) is 3. The van der Waals surface area contributed by atoms with Crippen molar-refractivity contribution in [3.8, 4) is 11.1 Å². The minimum atomic E-state index is -0.190.